The fourth-order valence-corrected chi connectivity index (χ4v) is 3.15. The highest BCUT2D eigenvalue weighted by Crippen LogP contribution is 2.30. The molecule has 7 heteroatoms. The van der Waals surface area contributed by atoms with Gasteiger partial charge in [-0.1, -0.05) is 17.3 Å². The van der Waals surface area contributed by atoms with Gasteiger partial charge in [-0.05, 0) is 38.3 Å². The molecule has 2 heterocycles. The van der Waals surface area contributed by atoms with Gasteiger partial charge >= 0.3 is 0 Å². The molecule has 1 aromatic carbocycles. The molecule has 0 radical (unpaired) electrons. The lowest BCUT2D eigenvalue weighted by atomic mass is 9.80. The second-order valence-corrected chi connectivity index (χ2v) is 6.57. The van der Waals surface area contributed by atoms with Crippen molar-refractivity contribution in [2.24, 2.45) is 0 Å². The molecule has 1 aliphatic carbocycles. The molecule has 1 aliphatic rings. The van der Waals surface area contributed by atoms with Gasteiger partial charge in [0, 0.05) is 29.7 Å². The Morgan fingerprint density at radius 2 is 2.20 bits per heavy atom. The number of aromatic nitrogens is 4. The molecule has 1 fully saturated rings. The van der Waals surface area contributed by atoms with Gasteiger partial charge in [-0.2, -0.15) is 0 Å². The first-order chi connectivity index (χ1) is 12.1. The Morgan fingerprint density at radius 3 is 2.96 bits per heavy atom. The number of fused-ring (bicyclic) bond motifs is 1. The van der Waals surface area contributed by atoms with Crippen molar-refractivity contribution in [1.82, 2.24) is 25.3 Å². The summed E-state index contributed by atoms with van der Waals surface area (Å²) in [4.78, 5) is 16.5. The normalized spacial score (nSPS) is 15.8. The van der Waals surface area contributed by atoms with Crippen LogP contribution in [0.4, 0.5) is 0 Å². The van der Waals surface area contributed by atoms with Crippen molar-refractivity contribution in [3.63, 3.8) is 0 Å². The summed E-state index contributed by atoms with van der Waals surface area (Å²) in [6.45, 7) is 2.06. The average molecular weight is 337 g/mol. The van der Waals surface area contributed by atoms with Gasteiger partial charge in [0.1, 0.15) is 0 Å². The predicted molar refractivity (Wildman–Crippen MR) is 92.5 cm³/mol. The van der Waals surface area contributed by atoms with E-state index in [0.717, 1.165) is 35.7 Å². The lowest BCUT2D eigenvalue weighted by molar-refractivity contribution is -0.0300. The lowest BCUT2D eigenvalue weighted by Gasteiger charge is -2.36. The van der Waals surface area contributed by atoms with E-state index in [0.29, 0.717) is 5.69 Å². The highest BCUT2D eigenvalue weighted by molar-refractivity contribution is 5.94. The summed E-state index contributed by atoms with van der Waals surface area (Å²) in [7, 11) is 0. The van der Waals surface area contributed by atoms with Crippen molar-refractivity contribution in [3.05, 3.63) is 48.0 Å². The van der Waals surface area contributed by atoms with E-state index in [1.54, 1.807) is 17.1 Å². The second kappa shape index (κ2) is 5.93. The Bertz CT molecular complexity index is 940. The minimum Gasteiger partial charge on any atom is -0.388 e. The van der Waals surface area contributed by atoms with Gasteiger partial charge in [-0.15, -0.1) is 5.10 Å². The number of rotatable bonds is 4. The molecule has 0 aliphatic heterocycles. The number of hydrogen-bond acceptors (Lipinski definition) is 5. The Hall–Kier alpha value is -2.80. The van der Waals surface area contributed by atoms with Crippen LogP contribution in [-0.2, 0) is 0 Å². The molecule has 1 amide bonds. The summed E-state index contributed by atoms with van der Waals surface area (Å²) < 4.78 is 1.66. The summed E-state index contributed by atoms with van der Waals surface area (Å²) >= 11 is 0. The maximum absolute atomic E-state index is 12.4. The molecule has 25 heavy (non-hydrogen) atoms. The molecule has 1 saturated carbocycles. The molecule has 7 nitrogen and oxygen atoms in total. The van der Waals surface area contributed by atoms with Gasteiger partial charge < -0.3 is 10.4 Å². The van der Waals surface area contributed by atoms with Crippen molar-refractivity contribution in [3.8, 4) is 5.69 Å². The largest absolute Gasteiger partial charge is 0.388 e. The third kappa shape index (κ3) is 2.76. The van der Waals surface area contributed by atoms with E-state index in [-0.39, 0.29) is 18.1 Å². The van der Waals surface area contributed by atoms with Crippen LogP contribution >= 0.6 is 0 Å². The summed E-state index contributed by atoms with van der Waals surface area (Å²) in [6, 6.07) is 7.75. The molecule has 0 atom stereocenters. The van der Waals surface area contributed by atoms with E-state index in [9.17, 15) is 9.90 Å². The van der Waals surface area contributed by atoms with E-state index in [1.165, 1.54) is 0 Å². The Morgan fingerprint density at radius 1 is 1.36 bits per heavy atom. The number of nitrogens with zero attached hydrogens (tertiary/aromatic N) is 4. The molecule has 2 N–H and O–H groups in total. The minimum atomic E-state index is -0.762. The van der Waals surface area contributed by atoms with Crippen molar-refractivity contribution >= 4 is 16.7 Å². The summed E-state index contributed by atoms with van der Waals surface area (Å²) in [6.07, 6.45) is 5.96. The molecular formula is C18H19N5O2. The molecule has 0 bridgehead atoms. The van der Waals surface area contributed by atoms with Crippen molar-refractivity contribution in [2.45, 2.75) is 31.8 Å². The maximum atomic E-state index is 12.4. The smallest absolute Gasteiger partial charge is 0.273 e. The molecule has 0 saturated heterocycles. The maximum Gasteiger partial charge on any atom is 0.273 e. The van der Waals surface area contributed by atoms with E-state index < -0.39 is 5.60 Å². The quantitative estimate of drug-likeness (QED) is 0.757. The Balaban J connectivity index is 1.63. The van der Waals surface area contributed by atoms with E-state index in [1.807, 2.05) is 31.2 Å². The zero-order chi connectivity index (χ0) is 17.4. The average Bonchev–Trinajstić information content (AvgIpc) is 2.99. The highest BCUT2D eigenvalue weighted by Gasteiger charge is 2.35. The third-order valence-corrected chi connectivity index (χ3v) is 4.86. The van der Waals surface area contributed by atoms with Crippen LogP contribution in [0.25, 0.3) is 16.5 Å². The number of carbonyl (C=O) groups is 1. The van der Waals surface area contributed by atoms with Crippen LogP contribution in [-0.4, -0.2) is 43.1 Å². The molecule has 0 unspecified atom stereocenters. The van der Waals surface area contributed by atoms with E-state index in [2.05, 4.69) is 20.6 Å². The highest BCUT2D eigenvalue weighted by atomic mass is 16.3. The number of benzene rings is 1. The van der Waals surface area contributed by atoms with Crippen molar-refractivity contribution in [2.75, 3.05) is 6.54 Å². The fraction of sp³-hybridized carbons (Fsp3) is 0.333. The zero-order valence-electron chi connectivity index (χ0n) is 13.9. The van der Waals surface area contributed by atoms with Gasteiger partial charge in [-0.3, -0.25) is 9.78 Å². The van der Waals surface area contributed by atoms with Crippen molar-refractivity contribution in [1.29, 1.82) is 0 Å². The number of carbonyl (C=O) groups excluding carboxylic acids is 1. The van der Waals surface area contributed by atoms with Crippen LogP contribution < -0.4 is 5.32 Å². The summed E-state index contributed by atoms with van der Waals surface area (Å²) in [5, 5.41) is 23.1. The Labute approximate surface area is 144 Å². The first kappa shape index (κ1) is 15.7. The first-order valence-electron chi connectivity index (χ1n) is 8.33. The molecular weight excluding hydrogens is 318 g/mol. The fourth-order valence-electron chi connectivity index (χ4n) is 3.15. The molecule has 2 aromatic heterocycles. The van der Waals surface area contributed by atoms with Gasteiger partial charge in [-0.25, -0.2) is 4.68 Å². The third-order valence-electron chi connectivity index (χ3n) is 4.86. The van der Waals surface area contributed by atoms with Crippen LogP contribution in [0, 0.1) is 6.92 Å². The lowest BCUT2D eigenvalue weighted by Crippen LogP contribution is -2.47. The van der Waals surface area contributed by atoms with Gasteiger partial charge in [0.05, 0.1) is 17.0 Å². The molecule has 0 spiro atoms. The van der Waals surface area contributed by atoms with E-state index >= 15 is 0 Å². The van der Waals surface area contributed by atoms with Gasteiger partial charge in [0.15, 0.2) is 5.69 Å². The minimum absolute atomic E-state index is 0.248. The monoisotopic (exact) mass is 337 g/mol. The van der Waals surface area contributed by atoms with Gasteiger partial charge in [0.2, 0.25) is 0 Å². The number of aliphatic hydroxyl groups is 1. The first-order valence-corrected chi connectivity index (χ1v) is 8.33. The Kier molecular flexibility index (Phi) is 3.73. The van der Waals surface area contributed by atoms with Crippen LogP contribution in [0.3, 0.4) is 0 Å². The van der Waals surface area contributed by atoms with Gasteiger partial charge in [0.25, 0.3) is 5.91 Å². The summed E-state index contributed by atoms with van der Waals surface area (Å²) in [5.74, 6) is -0.314. The van der Waals surface area contributed by atoms with E-state index in [4.69, 9.17) is 0 Å². The number of pyridine rings is 1. The number of nitrogens with one attached hydrogen (secondary N) is 1. The standard InChI is InChI=1S/C18H19N5O2/c1-12-16(17(24)20-11-18(25)7-3-8-18)21-22-23(12)15-5-2-4-13-10-19-9-6-14(13)15/h2,4-6,9-10,25H,3,7-8,11H2,1H3,(H,20,24). The van der Waals surface area contributed by atoms with Crippen LogP contribution in [0.1, 0.15) is 35.4 Å². The SMILES string of the molecule is Cc1c(C(=O)NCC2(O)CCC2)nnn1-c1cccc2cnccc12. The van der Waals surface area contributed by atoms with Crippen LogP contribution in [0.5, 0.6) is 0 Å². The van der Waals surface area contributed by atoms with Crippen LogP contribution in [0.2, 0.25) is 0 Å². The number of hydrogen-bond donors (Lipinski definition) is 2. The molecule has 3 aromatic rings. The topological polar surface area (TPSA) is 92.9 Å². The van der Waals surface area contributed by atoms with Crippen molar-refractivity contribution < 1.29 is 9.90 Å². The molecule has 128 valence electrons. The van der Waals surface area contributed by atoms with Crippen LogP contribution in [0.15, 0.2) is 36.7 Å². The summed E-state index contributed by atoms with van der Waals surface area (Å²) in [5.41, 5.74) is 1.01. The second-order valence-electron chi connectivity index (χ2n) is 6.57. The predicted octanol–water partition coefficient (Wildman–Crippen LogP) is 1.77. The zero-order valence-corrected chi connectivity index (χ0v) is 13.9. The number of amides is 1. The molecule has 4 rings (SSSR count).